The highest BCUT2D eigenvalue weighted by Crippen LogP contribution is 2.11. The fourth-order valence-electron chi connectivity index (χ4n) is 2.86. The highest BCUT2D eigenvalue weighted by Gasteiger charge is 2.14. The molecule has 2 N–H and O–H groups in total. The molecule has 0 fully saturated rings. The zero-order valence-electron chi connectivity index (χ0n) is 16.9. The first-order chi connectivity index (χ1) is 12.0. The zero-order chi connectivity index (χ0) is 20.1. The number of unbranched alkanes of at least 4 members (excludes halogenated alkanes) is 7. The fourth-order valence-corrected chi connectivity index (χ4v) is 3.43. The topological polar surface area (TPSA) is 83.5 Å². The van der Waals surface area contributed by atoms with Crippen LogP contribution in [0.5, 0.6) is 0 Å². The Balaban J connectivity index is 3.52. The molecule has 0 aliphatic carbocycles. The molecule has 6 nitrogen and oxygen atoms in total. The lowest BCUT2D eigenvalue weighted by Crippen LogP contribution is -2.42. The first-order valence-corrected chi connectivity index (χ1v) is 11.4. The maximum Gasteiger partial charge on any atom is 0.264 e. The van der Waals surface area contributed by atoms with Gasteiger partial charge in [0.15, 0.2) is 0 Å². The molecule has 0 aromatic carbocycles. The van der Waals surface area contributed by atoms with Crippen molar-refractivity contribution >= 4 is 16.0 Å². The summed E-state index contributed by atoms with van der Waals surface area (Å²) in [5.74, 6) is -0.176. The van der Waals surface area contributed by atoms with Crippen LogP contribution < -0.4 is 5.32 Å². The van der Waals surface area contributed by atoms with E-state index in [1.54, 1.807) is 6.92 Å². The van der Waals surface area contributed by atoms with E-state index in [0.717, 1.165) is 43.3 Å². The van der Waals surface area contributed by atoms with Crippen molar-refractivity contribution in [1.29, 1.82) is 0 Å². The Morgan fingerprint density at radius 3 is 1.88 bits per heavy atom. The number of quaternary nitrogens is 1. The number of nitrogens with zero attached hydrogens (tertiary/aromatic N) is 1. The number of carbonyl (C=O) groups is 1. The summed E-state index contributed by atoms with van der Waals surface area (Å²) < 4.78 is 30.8. The van der Waals surface area contributed by atoms with Gasteiger partial charge in [0, 0.05) is 18.5 Å². The van der Waals surface area contributed by atoms with Crippen LogP contribution in [0.15, 0.2) is 12.2 Å². The van der Waals surface area contributed by atoms with E-state index >= 15 is 0 Å². The molecule has 0 saturated carbocycles. The van der Waals surface area contributed by atoms with Crippen molar-refractivity contribution in [3.8, 4) is 0 Å². The van der Waals surface area contributed by atoms with Crippen molar-refractivity contribution in [2.45, 2.75) is 64.7 Å². The Kier molecular flexibility index (Phi) is 12.8. The van der Waals surface area contributed by atoms with Gasteiger partial charge >= 0.3 is 0 Å². The SMILES string of the molecule is C=C(C)C(=O)NCCC[N+](C)(C)CCCCCCCCCCS(=O)(=O)O. The monoisotopic (exact) mass is 391 g/mol. The third kappa shape index (κ3) is 16.5. The summed E-state index contributed by atoms with van der Waals surface area (Å²) in [7, 11) is 0.678. The Morgan fingerprint density at radius 1 is 0.923 bits per heavy atom. The van der Waals surface area contributed by atoms with E-state index in [-0.39, 0.29) is 11.7 Å². The van der Waals surface area contributed by atoms with E-state index in [2.05, 4.69) is 26.0 Å². The van der Waals surface area contributed by atoms with Gasteiger partial charge in [0.1, 0.15) is 0 Å². The predicted octanol–water partition coefficient (Wildman–Crippen LogP) is 3.15. The summed E-state index contributed by atoms with van der Waals surface area (Å²) in [6.07, 6.45) is 9.38. The molecule has 0 aromatic rings. The van der Waals surface area contributed by atoms with Crippen LogP contribution in [0.1, 0.15) is 64.7 Å². The van der Waals surface area contributed by atoms with Crippen LogP contribution in [0, 0.1) is 0 Å². The van der Waals surface area contributed by atoms with Crippen molar-refractivity contribution in [3.63, 3.8) is 0 Å². The molecule has 154 valence electrons. The van der Waals surface area contributed by atoms with Crippen molar-refractivity contribution in [2.75, 3.05) is 39.5 Å². The van der Waals surface area contributed by atoms with Gasteiger partial charge in [-0.1, -0.05) is 38.7 Å². The van der Waals surface area contributed by atoms with Gasteiger partial charge in [-0.05, 0) is 26.2 Å². The van der Waals surface area contributed by atoms with Gasteiger partial charge < -0.3 is 9.80 Å². The molecule has 0 aliphatic rings. The zero-order valence-corrected chi connectivity index (χ0v) is 17.7. The van der Waals surface area contributed by atoms with Crippen LogP contribution in [0.3, 0.4) is 0 Å². The minimum atomic E-state index is -3.79. The van der Waals surface area contributed by atoms with Crippen LogP contribution in [-0.4, -0.2) is 62.8 Å². The average Bonchev–Trinajstić information content (AvgIpc) is 2.52. The third-order valence-electron chi connectivity index (χ3n) is 4.53. The molecular formula is C19H39N2O4S+. The van der Waals surface area contributed by atoms with Gasteiger partial charge in [-0.15, -0.1) is 0 Å². The number of rotatable bonds is 16. The minimum absolute atomic E-state index is 0.0618. The van der Waals surface area contributed by atoms with Gasteiger partial charge in [-0.3, -0.25) is 9.35 Å². The molecule has 0 saturated heterocycles. The highest BCUT2D eigenvalue weighted by atomic mass is 32.2. The number of hydrogen-bond acceptors (Lipinski definition) is 3. The second-order valence-corrected chi connectivity index (χ2v) is 9.46. The van der Waals surface area contributed by atoms with Crippen LogP contribution in [0.4, 0.5) is 0 Å². The molecule has 0 atom stereocenters. The number of amides is 1. The van der Waals surface area contributed by atoms with E-state index < -0.39 is 10.1 Å². The van der Waals surface area contributed by atoms with Gasteiger partial charge in [-0.2, -0.15) is 8.42 Å². The van der Waals surface area contributed by atoms with Crippen molar-refractivity contribution < 1.29 is 22.2 Å². The highest BCUT2D eigenvalue weighted by molar-refractivity contribution is 7.85. The van der Waals surface area contributed by atoms with E-state index in [1.165, 1.54) is 25.7 Å². The van der Waals surface area contributed by atoms with E-state index in [9.17, 15) is 13.2 Å². The molecular weight excluding hydrogens is 352 g/mol. The molecule has 0 spiro atoms. The number of nitrogens with one attached hydrogen (secondary N) is 1. The maximum absolute atomic E-state index is 11.4. The molecule has 1 amide bonds. The van der Waals surface area contributed by atoms with Crippen molar-refractivity contribution in [3.05, 3.63) is 12.2 Å². The molecule has 0 heterocycles. The van der Waals surface area contributed by atoms with E-state index in [4.69, 9.17) is 4.55 Å². The van der Waals surface area contributed by atoms with Crippen molar-refractivity contribution in [1.82, 2.24) is 5.32 Å². The van der Waals surface area contributed by atoms with Gasteiger partial charge in [0.05, 0.1) is 32.9 Å². The van der Waals surface area contributed by atoms with Crippen LogP contribution in [0.25, 0.3) is 0 Å². The van der Waals surface area contributed by atoms with Crippen LogP contribution >= 0.6 is 0 Å². The van der Waals surface area contributed by atoms with Gasteiger partial charge in [-0.25, -0.2) is 0 Å². The van der Waals surface area contributed by atoms with E-state index in [1.807, 2.05) is 0 Å². The second-order valence-electron chi connectivity index (χ2n) is 7.89. The molecule has 26 heavy (non-hydrogen) atoms. The van der Waals surface area contributed by atoms with Crippen LogP contribution in [-0.2, 0) is 14.9 Å². The van der Waals surface area contributed by atoms with Crippen molar-refractivity contribution in [2.24, 2.45) is 0 Å². The summed E-state index contributed by atoms with van der Waals surface area (Å²) >= 11 is 0. The first-order valence-electron chi connectivity index (χ1n) is 9.74. The lowest BCUT2D eigenvalue weighted by molar-refractivity contribution is -0.890. The summed E-state index contributed by atoms with van der Waals surface area (Å²) in [6, 6.07) is 0. The minimum Gasteiger partial charge on any atom is -0.352 e. The molecule has 7 heteroatoms. The first kappa shape index (κ1) is 25.1. The number of carbonyl (C=O) groups excluding carboxylic acids is 1. The van der Waals surface area contributed by atoms with E-state index in [0.29, 0.717) is 18.5 Å². The molecule has 0 aliphatic heterocycles. The third-order valence-corrected chi connectivity index (χ3v) is 5.33. The largest absolute Gasteiger partial charge is 0.352 e. The maximum atomic E-state index is 11.4. The standard InChI is InChI=1S/C19H38N2O4S/c1-18(2)19(22)20-14-13-16-21(3,4)15-11-9-7-5-6-8-10-12-17-26(23,24)25/h1,5-17H2,2-4H3,(H-,20,22,23,24,25)/p+1. The molecule has 0 unspecified atom stereocenters. The Bertz CT molecular complexity index is 516. The van der Waals surface area contributed by atoms with Gasteiger partial charge in [0.25, 0.3) is 10.1 Å². The Labute approximate surface area is 160 Å². The summed E-state index contributed by atoms with van der Waals surface area (Å²) in [5, 5.41) is 2.87. The quantitative estimate of drug-likeness (QED) is 0.183. The smallest absolute Gasteiger partial charge is 0.264 e. The number of hydrogen-bond donors (Lipinski definition) is 2. The second kappa shape index (κ2) is 13.3. The lowest BCUT2D eigenvalue weighted by Gasteiger charge is -2.30. The molecule has 0 radical (unpaired) electrons. The summed E-state index contributed by atoms with van der Waals surface area (Å²) in [5.41, 5.74) is 0.553. The lowest BCUT2D eigenvalue weighted by atomic mass is 10.1. The Morgan fingerprint density at radius 2 is 1.38 bits per heavy atom. The normalized spacial score (nSPS) is 12.2. The summed E-state index contributed by atoms with van der Waals surface area (Å²) in [4.78, 5) is 11.4. The Hall–Kier alpha value is -0.920. The van der Waals surface area contributed by atoms with Gasteiger partial charge in [0.2, 0.25) is 5.91 Å². The molecule has 0 rings (SSSR count). The average molecular weight is 392 g/mol. The predicted molar refractivity (Wildman–Crippen MR) is 108 cm³/mol. The van der Waals surface area contributed by atoms with Crippen LogP contribution in [0.2, 0.25) is 0 Å². The summed E-state index contributed by atoms with van der Waals surface area (Å²) in [6.45, 7) is 8.23. The molecule has 0 aromatic heterocycles. The fraction of sp³-hybridized carbons (Fsp3) is 0.842. The molecule has 0 bridgehead atoms.